The molecule has 1 aliphatic rings. The van der Waals surface area contributed by atoms with E-state index in [2.05, 4.69) is 43.8 Å². The first-order chi connectivity index (χ1) is 10.2. The average Bonchev–Trinajstić information content (AvgIpc) is 2.92. The molecule has 0 saturated heterocycles. The van der Waals surface area contributed by atoms with Crippen LogP contribution in [0, 0.1) is 11.8 Å². The normalized spacial score (nSPS) is 24.2. The van der Waals surface area contributed by atoms with Crippen molar-refractivity contribution >= 4 is 0 Å². The first-order valence-electron chi connectivity index (χ1n) is 8.99. The molecule has 1 aliphatic carbocycles. The highest BCUT2D eigenvalue weighted by Crippen LogP contribution is 2.37. The summed E-state index contributed by atoms with van der Waals surface area (Å²) < 4.78 is 2.23. The monoisotopic (exact) mass is 291 g/mol. The number of hydrogen-bond acceptors (Lipinski definition) is 2. The molecule has 0 bridgehead atoms. The molecule has 120 valence electrons. The van der Waals surface area contributed by atoms with Crippen LogP contribution in [0.1, 0.15) is 77.2 Å². The van der Waals surface area contributed by atoms with Crippen LogP contribution in [0.25, 0.3) is 0 Å². The Labute approximate surface area is 130 Å². The van der Waals surface area contributed by atoms with Crippen molar-refractivity contribution < 1.29 is 0 Å². The van der Waals surface area contributed by atoms with Gasteiger partial charge in [0.15, 0.2) is 0 Å². The first kappa shape index (κ1) is 16.5. The van der Waals surface area contributed by atoms with Gasteiger partial charge in [-0.15, -0.1) is 0 Å². The molecule has 0 aliphatic heterocycles. The van der Waals surface area contributed by atoms with E-state index in [1.165, 1.54) is 43.5 Å². The van der Waals surface area contributed by atoms with Crippen molar-refractivity contribution in [2.75, 3.05) is 6.54 Å². The summed E-state index contributed by atoms with van der Waals surface area (Å²) in [5, 5.41) is 8.58. The predicted octanol–water partition coefficient (Wildman–Crippen LogP) is 4.33. The third kappa shape index (κ3) is 4.09. The highest BCUT2D eigenvalue weighted by molar-refractivity contribution is 5.16. The van der Waals surface area contributed by atoms with Gasteiger partial charge in [0.25, 0.3) is 0 Å². The second-order valence-corrected chi connectivity index (χ2v) is 6.68. The summed E-state index contributed by atoms with van der Waals surface area (Å²) in [6.07, 6.45) is 7.71. The molecule has 0 aromatic carbocycles. The van der Waals surface area contributed by atoms with Crippen molar-refractivity contribution in [2.45, 2.75) is 78.8 Å². The number of rotatable bonds is 7. The Morgan fingerprint density at radius 2 is 1.95 bits per heavy atom. The summed E-state index contributed by atoms with van der Waals surface area (Å²) in [5.41, 5.74) is 2.65. The summed E-state index contributed by atoms with van der Waals surface area (Å²) in [5.74, 6) is 1.69. The zero-order valence-corrected chi connectivity index (χ0v) is 14.4. The minimum Gasteiger partial charge on any atom is -0.308 e. The molecule has 1 atom stereocenters. The van der Waals surface area contributed by atoms with Crippen molar-refractivity contribution in [3.63, 3.8) is 0 Å². The van der Waals surface area contributed by atoms with Gasteiger partial charge in [-0.3, -0.25) is 4.68 Å². The van der Waals surface area contributed by atoms with Crippen LogP contribution in [0.15, 0.2) is 6.07 Å². The first-order valence-corrected chi connectivity index (χ1v) is 8.99. The van der Waals surface area contributed by atoms with Crippen molar-refractivity contribution in [2.24, 2.45) is 11.8 Å². The van der Waals surface area contributed by atoms with Crippen LogP contribution in [0.2, 0.25) is 0 Å². The van der Waals surface area contributed by atoms with Gasteiger partial charge in [0, 0.05) is 6.54 Å². The lowest BCUT2D eigenvalue weighted by atomic mass is 9.78. The van der Waals surface area contributed by atoms with E-state index in [9.17, 15) is 0 Å². The topological polar surface area (TPSA) is 29.9 Å². The summed E-state index contributed by atoms with van der Waals surface area (Å²) >= 11 is 0. The van der Waals surface area contributed by atoms with Gasteiger partial charge < -0.3 is 5.32 Å². The number of nitrogens with zero attached hydrogens (tertiary/aromatic N) is 2. The maximum absolute atomic E-state index is 4.76. The van der Waals surface area contributed by atoms with Crippen molar-refractivity contribution in [1.29, 1.82) is 0 Å². The van der Waals surface area contributed by atoms with Gasteiger partial charge in [-0.05, 0) is 57.1 Å². The van der Waals surface area contributed by atoms with Crippen molar-refractivity contribution in [1.82, 2.24) is 15.1 Å². The van der Waals surface area contributed by atoms with Crippen LogP contribution < -0.4 is 5.32 Å². The van der Waals surface area contributed by atoms with Crippen LogP contribution in [-0.2, 0) is 13.0 Å². The maximum Gasteiger partial charge on any atom is 0.0625 e. The Kier molecular flexibility index (Phi) is 6.28. The van der Waals surface area contributed by atoms with E-state index in [4.69, 9.17) is 5.10 Å². The number of aromatic nitrogens is 2. The molecule has 1 unspecified atom stereocenters. The SMILES string of the molecule is CCCNC(c1cc(CC)nn1CC)C1CCC(C)CC1. The fraction of sp³-hybridized carbons (Fsp3) is 0.833. The van der Waals surface area contributed by atoms with Gasteiger partial charge in [-0.1, -0.05) is 33.6 Å². The van der Waals surface area contributed by atoms with E-state index in [-0.39, 0.29) is 0 Å². The lowest BCUT2D eigenvalue weighted by molar-refractivity contribution is 0.224. The zero-order valence-electron chi connectivity index (χ0n) is 14.4. The van der Waals surface area contributed by atoms with E-state index in [0.717, 1.165) is 31.3 Å². The fourth-order valence-corrected chi connectivity index (χ4v) is 3.60. The molecule has 0 spiro atoms. The second-order valence-electron chi connectivity index (χ2n) is 6.68. The van der Waals surface area contributed by atoms with Gasteiger partial charge in [0.05, 0.1) is 17.4 Å². The average molecular weight is 291 g/mol. The van der Waals surface area contributed by atoms with Crippen molar-refractivity contribution in [3.05, 3.63) is 17.5 Å². The Bertz CT molecular complexity index is 416. The molecule has 1 fully saturated rings. The fourth-order valence-electron chi connectivity index (χ4n) is 3.60. The quantitative estimate of drug-likeness (QED) is 0.810. The third-order valence-corrected chi connectivity index (χ3v) is 4.99. The maximum atomic E-state index is 4.76. The molecule has 21 heavy (non-hydrogen) atoms. The number of hydrogen-bond donors (Lipinski definition) is 1. The molecule has 3 heteroatoms. The molecule has 0 amide bonds. The smallest absolute Gasteiger partial charge is 0.0625 e. The summed E-state index contributed by atoms with van der Waals surface area (Å²) in [6.45, 7) is 11.1. The number of aryl methyl sites for hydroxylation is 2. The van der Waals surface area contributed by atoms with E-state index >= 15 is 0 Å². The lowest BCUT2D eigenvalue weighted by Crippen LogP contribution is -2.33. The Hall–Kier alpha value is -0.830. The third-order valence-electron chi connectivity index (χ3n) is 4.99. The van der Waals surface area contributed by atoms with Gasteiger partial charge in [0.2, 0.25) is 0 Å². The van der Waals surface area contributed by atoms with Crippen LogP contribution >= 0.6 is 0 Å². The number of nitrogens with one attached hydrogen (secondary N) is 1. The molecule has 1 saturated carbocycles. The zero-order chi connectivity index (χ0) is 15.2. The largest absolute Gasteiger partial charge is 0.308 e. The van der Waals surface area contributed by atoms with E-state index in [1.54, 1.807) is 0 Å². The molecular weight excluding hydrogens is 258 g/mol. The van der Waals surface area contributed by atoms with Gasteiger partial charge in [-0.2, -0.15) is 5.10 Å². The molecule has 1 aromatic rings. The van der Waals surface area contributed by atoms with Gasteiger partial charge >= 0.3 is 0 Å². The minimum absolute atomic E-state index is 0.491. The summed E-state index contributed by atoms with van der Waals surface area (Å²) in [4.78, 5) is 0. The highest BCUT2D eigenvalue weighted by atomic mass is 15.3. The molecular formula is C18H33N3. The Balaban J connectivity index is 2.20. The van der Waals surface area contributed by atoms with Crippen molar-refractivity contribution in [3.8, 4) is 0 Å². The van der Waals surface area contributed by atoms with E-state index in [0.29, 0.717) is 6.04 Å². The standard InChI is InChI=1S/C18H33N3/c1-5-12-19-18(15-10-8-14(4)9-11-15)17-13-16(6-2)20-21(17)7-3/h13-15,18-19H,5-12H2,1-4H3. The van der Waals surface area contributed by atoms with Crippen LogP contribution in [0.5, 0.6) is 0 Å². The van der Waals surface area contributed by atoms with Crippen LogP contribution in [0.4, 0.5) is 0 Å². The lowest BCUT2D eigenvalue weighted by Gasteiger charge is -2.33. The van der Waals surface area contributed by atoms with E-state index in [1.807, 2.05) is 0 Å². The predicted molar refractivity (Wildman–Crippen MR) is 89.4 cm³/mol. The Morgan fingerprint density at radius 3 is 2.52 bits per heavy atom. The van der Waals surface area contributed by atoms with Crippen LogP contribution in [-0.4, -0.2) is 16.3 Å². The molecule has 1 N–H and O–H groups in total. The highest BCUT2D eigenvalue weighted by Gasteiger charge is 2.29. The molecule has 3 nitrogen and oxygen atoms in total. The molecule has 0 radical (unpaired) electrons. The summed E-state index contributed by atoms with van der Waals surface area (Å²) in [6, 6.07) is 2.83. The van der Waals surface area contributed by atoms with E-state index < -0.39 is 0 Å². The second kappa shape index (κ2) is 7.98. The van der Waals surface area contributed by atoms with Gasteiger partial charge in [0.1, 0.15) is 0 Å². The molecule has 1 aromatic heterocycles. The van der Waals surface area contributed by atoms with Crippen LogP contribution in [0.3, 0.4) is 0 Å². The summed E-state index contributed by atoms with van der Waals surface area (Å²) in [7, 11) is 0. The minimum atomic E-state index is 0.491. The Morgan fingerprint density at radius 1 is 1.24 bits per heavy atom. The van der Waals surface area contributed by atoms with Gasteiger partial charge in [-0.25, -0.2) is 0 Å². The molecule has 2 rings (SSSR count). The molecule has 1 heterocycles.